The molecule has 0 heterocycles. The summed E-state index contributed by atoms with van der Waals surface area (Å²) in [4.78, 5) is 0. The van der Waals surface area contributed by atoms with E-state index in [1.165, 1.54) is 31.7 Å². The molecule has 0 bridgehead atoms. The van der Waals surface area contributed by atoms with Crippen molar-refractivity contribution in [1.29, 1.82) is 0 Å². The van der Waals surface area contributed by atoms with Crippen LogP contribution in [0.25, 0.3) is 0 Å². The third-order valence-corrected chi connectivity index (χ3v) is 2.83. The van der Waals surface area contributed by atoms with Gasteiger partial charge in [-0.3, -0.25) is 0 Å². The van der Waals surface area contributed by atoms with Crippen LogP contribution in [0.4, 0.5) is 4.39 Å². The lowest BCUT2D eigenvalue weighted by molar-refractivity contribution is 0.532. The SMILES string of the molecule is CCCCCCN[C@H](C)c1cccc(F)c1. The highest BCUT2D eigenvalue weighted by Gasteiger charge is 2.04. The van der Waals surface area contributed by atoms with Crippen molar-refractivity contribution in [1.82, 2.24) is 5.32 Å². The molecule has 0 saturated heterocycles. The molecule has 1 aromatic rings. The van der Waals surface area contributed by atoms with E-state index in [2.05, 4.69) is 19.2 Å². The Labute approximate surface area is 98.1 Å². The Hall–Kier alpha value is -0.890. The Kier molecular flexibility index (Phi) is 6.09. The average molecular weight is 223 g/mol. The van der Waals surface area contributed by atoms with E-state index in [1.54, 1.807) is 12.1 Å². The summed E-state index contributed by atoms with van der Waals surface area (Å²) in [6.07, 6.45) is 5.04. The van der Waals surface area contributed by atoms with Crippen LogP contribution in [0.15, 0.2) is 24.3 Å². The lowest BCUT2D eigenvalue weighted by Crippen LogP contribution is -2.19. The molecule has 0 unspecified atom stereocenters. The summed E-state index contributed by atoms with van der Waals surface area (Å²) in [7, 11) is 0. The number of unbranched alkanes of at least 4 members (excludes halogenated alkanes) is 3. The number of halogens is 1. The molecule has 1 rings (SSSR count). The molecule has 1 aromatic carbocycles. The maximum absolute atomic E-state index is 13.0. The zero-order valence-corrected chi connectivity index (χ0v) is 10.3. The largest absolute Gasteiger partial charge is 0.310 e. The summed E-state index contributed by atoms with van der Waals surface area (Å²) in [5, 5.41) is 3.42. The number of hydrogen-bond acceptors (Lipinski definition) is 1. The number of rotatable bonds is 7. The monoisotopic (exact) mass is 223 g/mol. The van der Waals surface area contributed by atoms with Crippen LogP contribution in [-0.2, 0) is 0 Å². The Balaban J connectivity index is 2.27. The molecule has 16 heavy (non-hydrogen) atoms. The van der Waals surface area contributed by atoms with Crippen molar-refractivity contribution in [2.75, 3.05) is 6.54 Å². The van der Waals surface area contributed by atoms with Gasteiger partial charge in [-0.25, -0.2) is 4.39 Å². The van der Waals surface area contributed by atoms with Crippen molar-refractivity contribution in [3.8, 4) is 0 Å². The van der Waals surface area contributed by atoms with Gasteiger partial charge < -0.3 is 5.32 Å². The summed E-state index contributed by atoms with van der Waals surface area (Å²) in [6.45, 7) is 5.30. The first kappa shape index (κ1) is 13.2. The van der Waals surface area contributed by atoms with Gasteiger partial charge in [-0.1, -0.05) is 38.3 Å². The molecule has 0 amide bonds. The zero-order chi connectivity index (χ0) is 11.8. The van der Waals surface area contributed by atoms with Crippen molar-refractivity contribution in [2.24, 2.45) is 0 Å². The van der Waals surface area contributed by atoms with Gasteiger partial charge in [-0.05, 0) is 37.6 Å². The Morgan fingerprint density at radius 1 is 1.25 bits per heavy atom. The highest BCUT2D eigenvalue weighted by atomic mass is 19.1. The highest BCUT2D eigenvalue weighted by molar-refractivity contribution is 5.19. The van der Waals surface area contributed by atoms with Crippen molar-refractivity contribution in [3.05, 3.63) is 35.6 Å². The van der Waals surface area contributed by atoms with Crippen LogP contribution < -0.4 is 5.32 Å². The molecular weight excluding hydrogens is 201 g/mol. The van der Waals surface area contributed by atoms with E-state index in [0.717, 1.165) is 12.1 Å². The molecule has 0 aliphatic carbocycles. The molecular formula is C14H22FN. The second-order valence-corrected chi connectivity index (χ2v) is 4.29. The maximum atomic E-state index is 13.0. The molecule has 0 fully saturated rings. The van der Waals surface area contributed by atoms with Crippen molar-refractivity contribution < 1.29 is 4.39 Å². The van der Waals surface area contributed by atoms with Gasteiger partial charge in [0.25, 0.3) is 0 Å². The van der Waals surface area contributed by atoms with Crippen LogP contribution in [0.2, 0.25) is 0 Å². The second-order valence-electron chi connectivity index (χ2n) is 4.29. The van der Waals surface area contributed by atoms with E-state index in [1.807, 2.05) is 6.07 Å². The van der Waals surface area contributed by atoms with E-state index in [-0.39, 0.29) is 11.9 Å². The van der Waals surface area contributed by atoms with Crippen LogP contribution in [0.5, 0.6) is 0 Å². The number of benzene rings is 1. The highest BCUT2D eigenvalue weighted by Crippen LogP contribution is 2.13. The minimum Gasteiger partial charge on any atom is -0.310 e. The first-order valence-corrected chi connectivity index (χ1v) is 6.23. The fourth-order valence-electron chi connectivity index (χ4n) is 1.76. The lowest BCUT2D eigenvalue weighted by atomic mass is 10.1. The molecule has 90 valence electrons. The first-order chi connectivity index (χ1) is 7.74. The molecule has 1 nitrogen and oxygen atoms in total. The van der Waals surface area contributed by atoms with Gasteiger partial charge >= 0.3 is 0 Å². The van der Waals surface area contributed by atoms with Gasteiger partial charge in [0.15, 0.2) is 0 Å². The van der Waals surface area contributed by atoms with Gasteiger partial charge in [-0.15, -0.1) is 0 Å². The minimum atomic E-state index is -0.155. The predicted octanol–water partition coefficient (Wildman–Crippen LogP) is 4.06. The Morgan fingerprint density at radius 3 is 2.75 bits per heavy atom. The molecule has 0 spiro atoms. The van der Waals surface area contributed by atoms with E-state index < -0.39 is 0 Å². The van der Waals surface area contributed by atoms with E-state index >= 15 is 0 Å². The van der Waals surface area contributed by atoms with Crippen LogP contribution in [0, 0.1) is 5.82 Å². The number of hydrogen-bond donors (Lipinski definition) is 1. The molecule has 0 aliphatic heterocycles. The third kappa shape index (κ3) is 4.75. The van der Waals surface area contributed by atoms with Crippen molar-refractivity contribution >= 4 is 0 Å². The third-order valence-electron chi connectivity index (χ3n) is 2.83. The smallest absolute Gasteiger partial charge is 0.123 e. The molecule has 0 aromatic heterocycles. The standard InChI is InChI=1S/C14H22FN/c1-3-4-5-6-10-16-12(2)13-8-7-9-14(15)11-13/h7-9,11-12,16H,3-6,10H2,1-2H3/t12-/m1/s1. The maximum Gasteiger partial charge on any atom is 0.123 e. The van der Waals surface area contributed by atoms with E-state index in [9.17, 15) is 4.39 Å². The van der Waals surface area contributed by atoms with E-state index in [4.69, 9.17) is 0 Å². The normalized spacial score (nSPS) is 12.7. The summed E-state index contributed by atoms with van der Waals surface area (Å²) in [6, 6.07) is 7.05. The minimum absolute atomic E-state index is 0.155. The molecule has 1 N–H and O–H groups in total. The molecule has 0 radical (unpaired) electrons. The summed E-state index contributed by atoms with van der Waals surface area (Å²) in [5.74, 6) is -0.155. The quantitative estimate of drug-likeness (QED) is 0.687. The summed E-state index contributed by atoms with van der Waals surface area (Å²) < 4.78 is 13.0. The molecule has 0 aliphatic rings. The van der Waals surface area contributed by atoms with Crippen LogP contribution in [-0.4, -0.2) is 6.54 Å². The zero-order valence-electron chi connectivity index (χ0n) is 10.3. The second kappa shape index (κ2) is 7.39. The molecule has 1 atom stereocenters. The van der Waals surface area contributed by atoms with Crippen LogP contribution >= 0.6 is 0 Å². The van der Waals surface area contributed by atoms with Gasteiger partial charge in [0, 0.05) is 6.04 Å². The Morgan fingerprint density at radius 2 is 2.06 bits per heavy atom. The number of nitrogens with one attached hydrogen (secondary N) is 1. The van der Waals surface area contributed by atoms with Gasteiger partial charge in [-0.2, -0.15) is 0 Å². The summed E-state index contributed by atoms with van der Waals surface area (Å²) in [5.41, 5.74) is 1.02. The fourth-order valence-corrected chi connectivity index (χ4v) is 1.76. The van der Waals surface area contributed by atoms with Crippen LogP contribution in [0.3, 0.4) is 0 Å². The first-order valence-electron chi connectivity index (χ1n) is 6.23. The van der Waals surface area contributed by atoms with Crippen molar-refractivity contribution in [3.63, 3.8) is 0 Å². The lowest BCUT2D eigenvalue weighted by Gasteiger charge is -2.14. The molecule has 2 heteroatoms. The average Bonchev–Trinajstić information content (AvgIpc) is 2.28. The van der Waals surface area contributed by atoms with Crippen molar-refractivity contribution in [2.45, 2.75) is 45.6 Å². The fraction of sp³-hybridized carbons (Fsp3) is 0.571. The molecule has 0 saturated carbocycles. The van der Waals surface area contributed by atoms with Gasteiger partial charge in [0.1, 0.15) is 5.82 Å². The van der Waals surface area contributed by atoms with Crippen LogP contribution in [0.1, 0.15) is 51.1 Å². The van der Waals surface area contributed by atoms with Gasteiger partial charge in [0.2, 0.25) is 0 Å². The topological polar surface area (TPSA) is 12.0 Å². The van der Waals surface area contributed by atoms with E-state index in [0.29, 0.717) is 0 Å². The predicted molar refractivity (Wildman–Crippen MR) is 67.0 cm³/mol. The van der Waals surface area contributed by atoms with Gasteiger partial charge in [0.05, 0.1) is 0 Å². The Bertz CT molecular complexity index is 299. The summed E-state index contributed by atoms with van der Waals surface area (Å²) >= 11 is 0.